The van der Waals surface area contributed by atoms with Gasteiger partial charge in [0.05, 0.1) is 17.4 Å². The van der Waals surface area contributed by atoms with Gasteiger partial charge in [-0.3, -0.25) is 0 Å². The Labute approximate surface area is 124 Å². The molecule has 0 aromatic heterocycles. The molecule has 1 saturated heterocycles. The summed E-state index contributed by atoms with van der Waals surface area (Å²) < 4.78 is 18.3. The number of benzene rings is 1. The normalized spacial score (nSPS) is 18.7. The van der Waals surface area contributed by atoms with Gasteiger partial charge >= 0.3 is 6.09 Å². The molecule has 1 aromatic carbocycles. The number of halogens is 1. The van der Waals surface area contributed by atoms with E-state index in [-0.39, 0.29) is 11.9 Å². The van der Waals surface area contributed by atoms with E-state index >= 15 is 0 Å². The Morgan fingerprint density at radius 3 is 2.81 bits per heavy atom. The number of carbonyl (C=O) groups is 1. The minimum atomic E-state index is -0.510. The van der Waals surface area contributed by atoms with Crippen molar-refractivity contribution in [2.75, 3.05) is 23.7 Å². The molecule has 0 aliphatic carbocycles. The lowest BCUT2D eigenvalue weighted by atomic mass is 10.2. The van der Waals surface area contributed by atoms with Gasteiger partial charge in [-0.1, -0.05) is 0 Å². The van der Waals surface area contributed by atoms with Crippen molar-refractivity contribution in [3.63, 3.8) is 0 Å². The number of anilines is 2. The minimum absolute atomic E-state index is 0.00398. The molecule has 0 radical (unpaired) electrons. The quantitative estimate of drug-likeness (QED) is 0.823. The van der Waals surface area contributed by atoms with E-state index in [1.165, 1.54) is 12.1 Å². The molecule has 0 spiro atoms. The third-order valence-corrected chi connectivity index (χ3v) is 3.24. The summed E-state index contributed by atoms with van der Waals surface area (Å²) in [4.78, 5) is 13.8. The Balaban J connectivity index is 1.93. The minimum Gasteiger partial charge on any atom is -0.444 e. The van der Waals surface area contributed by atoms with Crippen LogP contribution in [0.3, 0.4) is 0 Å². The van der Waals surface area contributed by atoms with Crippen molar-refractivity contribution >= 4 is 17.5 Å². The van der Waals surface area contributed by atoms with E-state index in [0.29, 0.717) is 12.2 Å². The zero-order valence-electron chi connectivity index (χ0n) is 12.6. The molecule has 116 valence electrons. The van der Waals surface area contributed by atoms with Crippen LogP contribution < -0.4 is 16.0 Å². The van der Waals surface area contributed by atoms with Gasteiger partial charge in [-0.2, -0.15) is 0 Å². The Bertz CT molecular complexity index is 528. The van der Waals surface area contributed by atoms with Crippen molar-refractivity contribution in [3.05, 3.63) is 24.0 Å². The molecule has 5 nitrogen and oxygen atoms in total. The first kappa shape index (κ1) is 15.4. The van der Waals surface area contributed by atoms with Crippen LogP contribution in [0.5, 0.6) is 0 Å². The fourth-order valence-electron chi connectivity index (χ4n) is 2.38. The van der Waals surface area contributed by atoms with Crippen LogP contribution in [0.1, 0.15) is 27.2 Å². The summed E-state index contributed by atoms with van der Waals surface area (Å²) in [7, 11) is 0. The maximum atomic E-state index is 13.1. The van der Waals surface area contributed by atoms with Gasteiger partial charge in [-0.05, 0) is 45.4 Å². The molecule has 6 heteroatoms. The number of hydrogen-bond acceptors (Lipinski definition) is 4. The lowest BCUT2D eigenvalue weighted by molar-refractivity contribution is 0.0509. The largest absolute Gasteiger partial charge is 0.444 e. The van der Waals surface area contributed by atoms with Crippen LogP contribution in [-0.2, 0) is 4.74 Å². The van der Waals surface area contributed by atoms with Crippen molar-refractivity contribution in [2.45, 2.75) is 38.8 Å². The van der Waals surface area contributed by atoms with Crippen molar-refractivity contribution in [1.82, 2.24) is 5.32 Å². The zero-order valence-corrected chi connectivity index (χ0v) is 12.6. The lowest BCUT2D eigenvalue weighted by Crippen LogP contribution is -2.40. The van der Waals surface area contributed by atoms with E-state index < -0.39 is 11.7 Å². The average Bonchev–Trinajstić information content (AvgIpc) is 2.74. The number of nitrogens with one attached hydrogen (secondary N) is 1. The molecular formula is C15H22FN3O2. The Kier molecular flexibility index (Phi) is 4.25. The van der Waals surface area contributed by atoms with Crippen molar-refractivity contribution in [2.24, 2.45) is 0 Å². The first-order valence-electron chi connectivity index (χ1n) is 7.04. The molecule has 1 amide bonds. The fraction of sp³-hybridized carbons (Fsp3) is 0.533. The number of nitrogen functional groups attached to an aromatic ring is 1. The summed E-state index contributed by atoms with van der Waals surface area (Å²) >= 11 is 0. The summed E-state index contributed by atoms with van der Waals surface area (Å²) in [5.41, 5.74) is 6.53. The molecule has 1 heterocycles. The average molecular weight is 295 g/mol. The van der Waals surface area contributed by atoms with Gasteiger partial charge in [0.2, 0.25) is 0 Å². The van der Waals surface area contributed by atoms with E-state index in [1.54, 1.807) is 6.07 Å². The summed E-state index contributed by atoms with van der Waals surface area (Å²) in [6, 6.07) is 4.37. The summed E-state index contributed by atoms with van der Waals surface area (Å²) in [5.74, 6) is -0.348. The van der Waals surface area contributed by atoms with Gasteiger partial charge in [0.1, 0.15) is 11.4 Å². The Morgan fingerprint density at radius 2 is 2.19 bits per heavy atom. The van der Waals surface area contributed by atoms with Crippen LogP contribution >= 0.6 is 0 Å². The second kappa shape index (κ2) is 5.79. The second-order valence-corrected chi connectivity index (χ2v) is 6.28. The first-order valence-corrected chi connectivity index (χ1v) is 7.04. The number of amides is 1. The van der Waals surface area contributed by atoms with Crippen LogP contribution in [0.2, 0.25) is 0 Å². The number of rotatable bonds is 2. The van der Waals surface area contributed by atoms with Crippen LogP contribution in [0.4, 0.5) is 20.6 Å². The van der Waals surface area contributed by atoms with Crippen LogP contribution in [0, 0.1) is 5.82 Å². The van der Waals surface area contributed by atoms with Gasteiger partial charge in [0.15, 0.2) is 0 Å². The van der Waals surface area contributed by atoms with Gasteiger partial charge < -0.3 is 20.7 Å². The van der Waals surface area contributed by atoms with E-state index in [2.05, 4.69) is 5.32 Å². The lowest BCUT2D eigenvalue weighted by Gasteiger charge is -2.23. The van der Waals surface area contributed by atoms with E-state index in [1.807, 2.05) is 25.7 Å². The SMILES string of the molecule is CC(C)(C)OC(=O)N[C@H]1CCN(c2ccc(F)cc2N)C1. The maximum Gasteiger partial charge on any atom is 0.407 e. The first-order chi connectivity index (χ1) is 9.74. The highest BCUT2D eigenvalue weighted by atomic mass is 19.1. The number of alkyl carbamates (subject to hydrolysis) is 1. The van der Waals surface area contributed by atoms with Crippen molar-refractivity contribution < 1.29 is 13.9 Å². The van der Waals surface area contributed by atoms with E-state index in [0.717, 1.165) is 18.7 Å². The second-order valence-electron chi connectivity index (χ2n) is 6.28. The summed E-state index contributed by atoms with van der Waals surface area (Å²) in [6.07, 6.45) is 0.386. The predicted molar refractivity (Wildman–Crippen MR) is 80.8 cm³/mol. The molecule has 0 bridgehead atoms. The number of nitrogens with zero attached hydrogens (tertiary/aromatic N) is 1. The molecule has 1 aromatic rings. The molecule has 0 saturated carbocycles. The third kappa shape index (κ3) is 4.24. The van der Waals surface area contributed by atoms with Crippen molar-refractivity contribution in [1.29, 1.82) is 0 Å². The molecule has 1 aliphatic rings. The summed E-state index contributed by atoms with van der Waals surface area (Å²) in [6.45, 7) is 6.87. The molecule has 1 fully saturated rings. The summed E-state index contributed by atoms with van der Waals surface area (Å²) in [5, 5.41) is 2.85. The predicted octanol–water partition coefficient (Wildman–Crippen LogP) is 2.51. The van der Waals surface area contributed by atoms with Gasteiger partial charge in [0, 0.05) is 13.1 Å². The third-order valence-electron chi connectivity index (χ3n) is 3.24. The smallest absolute Gasteiger partial charge is 0.407 e. The van der Waals surface area contributed by atoms with Crippen molar-refractivity contribution in [3.8, 4) is 0 Å². The van der Waals surface area contributed by atoms with Gasteiger partial charge in [-0.25, -0.2) is 9.18 Å². The number of carbonyl (C=O) groups excluding carboxylic acids is 1. The fourth-order valence-corrected chi connectivity index (χ4v) is 2.38. The van der Waals surface area contributed by atoms with Gasteiger partial charge in [0.25, 0.3) is 0 Å². The Morgan fingerprint density at radius 1 is 1.48 bits per heavy atom. The van der Waals surface area contributed by atoms with E-state index in [4.69, 9.17) is 10.5 Å². The molecule has 2 rings (SSSR count). The van der Waals surface area contributed by atoms with Crippen LogP contribution in [-0.4, -0.2) is 30.8 Å². The molecule has 0 unspecified atom stereocenters. The van der Waals surface area contributed by atoms with E-state index in [9.17, 15) is 9.18 Å². The molecule has 1 aliphatic heterocycles. The monoisotopic (exact) mass is 295 g/mol. The Hall–Kier alpha value is -1.98. The van der Waals surface area contributed by atoms with Crippen LogP contribution in [0.15, 0.2) is 18.2 Å². The topological polar surface area (TPSA) is 67.6 Å². The van der Waals surface area contributed by atoms with Gasteiger partial charge in [-0.15, -0.1) is 0 Å². The molecule has 1 atom stereocenters. The maximum absolute atomic E-state index is 13.1. The highest BCUT2D eigenvalue weighted by Crippen LogP contribution is 2.27. The highest BCUT2D eigenvalue weighted by molar-refractivity contribution is 5.70. The molecular weight excluding hydrogens is 273 g/mol. The number of hydrogen-bond donors (Lipinski definition) is 2. The number of nitrogens with two attached hydrogens (primary N) is 1. The molecule has 21 heavy (non-hydrogen) atoms. The molecule has 3 N–H and O–H groups in total. The zero-order chi connectivity index (χ0) is 15.6. The highest BCUT2D eigenvalue weighted by Gasteiger charge is 2.27. The standard InChI is InChI=1S/C15H22FN3O2/c1-15(2,3)21-14(20)18-11-6-7-19(9-11)13-5-4-10(16)8-12(13)17/h4-5,8,11H,6-7,9,17H2,1-3H3,(H,18,20)/t11-/m0/s1. The number of ether oxygens (including phenoxy) is 1. The van der Waals surface area contributed by atoms with Crippen LogP contribution in [0.25, 0.3) is 0 Å².